The van der Waals surface area contributed by atoms with Crippen molar-refractivity contribution in [2.24, 2.45) is 10.9 Å². The molecule has 7 nitrogen and oxygen atoms in total. The molecule has 0 saturated carbocycles. The lowest BCUT2D eigenvalue weighted by atomic mass is 9.97. The van der Waals surface area contributed by atoms with E-state index in [9.17, 15) is 5.11 Å². The summed E-state index contributed by atoms with van der Waals surface area (Å²) in [5, 5.41) is 17.0. The van der Waals surface area contributed by atoms with Gasteiger partial charge in [0, 0.05) is 19.6 Å². The number of nitrogens with one attached hydrogen (secondary N) is 2. The van der Waals surface area contributed by atoms with Gasteiger partial charge in [0.15, 0.2) is 5.96 Å². The van der Waals surface area contributed by atoms with Crippen molar-refractivity contribution in [2.75, 3.05) is 32.7 Å². The molecule has 1 aliphatic rings. The molecule has 0 amide bonds. The number of rotatable bonds is 9. The average Bonchev–Trinajstić information content (AvgIpc) is 3.10. The van der Waals surface area contributed by atoms with Gasteiger partial charge in [0.2, 0.25) is 5.89 Å². The van der Waals surface area contributed by atoms with Gasteiger partial charge in [0.05, 0.1) is 18.3 Å². The highest BCUT2D eigenvalue weighted by Crippen LogP contribution is 2.20. The van der Waals surface area contributed by atoms with Gasteiger partial charge in [-0.15, -0.1) is 0 Å². The molecule has 1 unspecified atom stereocenters. The summed E-state index contributed by atoms with van der Waals surface area (Å²) in [6, 6.07) is 9.79. The van der Waals surface area contributed by atoms with Crippen LogP contribution in [0.5, 0.6) is 0 Å². The minimum atomic E-state index is -0.461. The van der Waals surface area contributed by atoms with E-state index >= 15 is 0 Å². The van der Waals surface area contributed by atoms with E-state index in [1.165, 1.54) is 0 Å². The van der Waals surface area contributed by atoms with Crippen LogP contribution < -0.4 is 10.6 Å². The first-order valence-electron chi connectivity index (χ1n) is 11.5. The third kappa shape index (κ3) is 7.36. The van der Waals surface area contributed by atoms with Gasteiger partial charge in [0.25, 0.3) is 0 Å². The fourth-order valence-corrected chi connectivity index (χ4v) is 3.86. The van der Waals surface area contributed by atoms with Gasteiger partial charge >= 0.3 is 0 Å². The molecule has 1 aliphatic heterocycles. The molecule has 31 heavy (non-hydrogen) atoms. The zero-order valence-electron chi connectivity index (χ0n) is 19.1. The summed E-state index contributed by atoms with van der Waals surface area (Å²) in [4.78, 5) is 11.7. The van der Waals surface area contributed by atoms with Crippen LogP contribution in [0.25, 0.3) is 0 Å². The number of nitrogens with zero attached hydrogens (tertiary/aromatic N) is 3. The van der Waals surface area contributed by atoms with Crippen molar-refractivity contribution in [3.8, 4) is 0 Å². The van der Waals surface area contributed by atoms with E-state index < -0.39 is 6.10 Å². The molecule has 3 N–H and O–H groups in total. The highest BCUT2D eigenvalue weighted by atomic mass is 16.4. The monoisotopic (exact) mass is 427 g/mol. The Bertz CT molecular complexity index is 793. The number of oxazole rings is 1. The Balaban J connectivity index is 1.40. The van der Waals surface area contributed by atoms with Gasteiger partial charge in [-0.1, -0.05) is 30.3 Å². The van der Waals surface area contributed by atoms with E-state index in [1.807, 2.05) is 44.2 Å². The fraction of sp³-hybridized carbons (Fsp3) is 0.583. The maximum Gasteiger partial charge on any atom is 0.208 e. The molecular weight excluding hydrogens is 390 g/mol. The number of aryl methyl sites for hydroxylation is 2. The first kappa shape index (κ1) is 23.3. The summed E-state index contributed by atoms with van der Waals surface area (Å²) in [6.45, 7) is 11.2. The van der Waals surface area contributed by atoms with E-state index in [0.29, 0.717) is 18.9 Å². The Morgan fingerprint density at radius 1 is 1.23 bits per heavy atom. The largest absolute Gasteiger partial charge is 0.444 e. The fourth-order valence-electron chi connectivity index (χ4n) is 3.86. The number of aliphatic hydroxyl groups is 1. The van der Waals surface area contributed by atoms with Crippen molar-refractivity contribution < 1.29 is 9.52 Å². The van der Waals surface area contributed by atoms with Crippen LogP contribution in [-0.4, -0.2) is 53.7 Å². The molecule has 0 bridgehead atoms. The molecule has 1 aromatic heterocycles. The molecule has 7 heteroatoms. The van der Waals surface area contributed by atoms with Crippen LogP contribution in [0.3, 0.4) is 0 Å². The first-order valence-corrected chi connectivity index (χ1v) is 11.5. The van der Waals surface area contributed by atoms with Crippen molar-refractivity contribution in [3.05, 3.63) is 53.2 Å². The predicted molar refractivity (Wildman–Crippen MR) is 124 cm³/mol. The van der Waals surface area contributed by atoms with E-state index in [4.69, 9.17) is 9.41 Å². The number of hydrogen-bond acceptors (Lipinski definition) is 5. The van der Waals surface area contributed by atoms with Crippen LogP contribution in [0.4, 0.5) is 0 Å². The Morgan fingerprint density at radius 2 is 1.97 bits per heavy atom. The number of likely N-dealkylation sites (tertiary alicyclic amines) is 1. The van der Waals surface area contributed by atoms with Gasteiger partial charge in [-0.25, -0.2) is 4.98 Å². The minimum Gasteiger partial charge on any atom is -0.444 e. The summed E-state index contributed by atoms with van der Waals surface area (Å²) >= 11 is 0. The summed E-state index contributed by atoms with van der Waals surface area (Å²) in [5.41, 5.74) is 1.94. The molecule has 0 radical (unpaired) electrons. The third-order valence-electron chi connectivity index (χ3n) is 5.89. The maximum atomic E-state index is 10.3. The molecular formula is C24H37N5O2. The SMILES string of the molecule is CCNC(=NCC1CCN(Cc2nc(C)c(C)o2)CC1)NCCC(O)c1ccccc1. The second kappa shape index (κ2) is 11.9. The van der Waals surface area contributed by atoms with E-state index in [2.05, 4.69) is 27.4 Å². The van der Waals surface area contributed by atoms with Crippen molar-refractivity contribution >= 4 is 5.96 Å². The molecule has 1 fully saturated rings. The molecule has 170 valence electrons. The number of benzene rings is 1. The summed E-state index contributed by atoms with van der Waals surface area (Å²) in [6.07, 6.45) is 2.45. The number of guanidine groups is 1. The van der Waals surface area contributed by atoms with Crippen LogP contribution in [0.2, 0.25) is 0 Å². The predicted octanol–water partition coefficient (Wildman–Crippen LogP) is 3.18. The highest BCUT2D eigenvalue weighted by Gasteiger charge is 2.21. The van der Waals surface area contributed by atoms with Gasteiger partial charge < -0.3 is 20.2 Å². The summed E-state index contributed by atoms with van der Waals surface area (Å²) in [5.74, 6) is 3.16. The maximum absolute atomic E-state index is 10.3. The van der Waals surface area contributed by atoms with Crippen LogP contribution in [0, 0.1) is 19.8 Å². The Hall–Kier alpha value is -2.38. The van der Waals surface area contributed by atoms with Crippen LogP contribution in [-0.2, 0) is 6.54 Å². The summed E-state index contributed by atoms with van der Waals surface area (Å²) in [7, 11) is 0. The van der Waals surface area contributed by atoms with E-state index in [1.54, 1.807) is 0 Å². The molecule has 1 saturated heterocycles. The Labute approximate surface area is 186 Å². The normalized spacial score (nSPS) is 17.0. The van der Waals surface area contributed by atoms with E-state index in [-0.39, 0.29) is 0 Å². The quantitative estimate of drug-likeness (QED) is 0.421. The van der Waals surface area contributed by atoms with Gasteiger partial charge in [-0.05, 0) is 64.6 Å². The molecule has 2 heterocycles. The van der Waals surface area contributed by atoms with Crippen molar-refractivity contribution in [1.29, 1.82) is 0 Å². The zero-order chi connectivity index (χ0) is 22.1. The summed E-state index contributed by atoms with van der Waals surface area (Å²) < 4.78 is 5.72. The molecule has 2 aromatic rings. The third-order valence-corrected chi connectivity index (χ3v) is 5.89. The average molecular weight is 428 g/mol. The molecule has 1 aromatic carbocycles. The molecule has 0 aliphatic carbocycles. The molecule has 1 atom stereocenters. The Morgan fingerprint density at radius 3 is 2.61 bits per heavy atom. The number of aliphatic imine (C=N–C) groups is 1. The number of aromatic nitrogens is 1. The van der Waals surface area contributed by atoms with Crippen LogP contribution in [0.1, 0.15) is 55.2 Å². The lowest BCUT2D eigenvalue weighted by molar-refractivity contribution is 0.166. The second-order valence-corrected chi connectivity index (χ2v) is 8.33. The van der Waals surface area contributed by atoms with Gasteiger partial charge in [-0.2, -0.15) is 0 Å². The minimum absolute atomic E-state index is 0.461. The van der Waals surface area contributed by atoms with Crippen molar-refractivity contribution in [1.82, 2.24) is 20.5 Å². The lowest BCUT2D eigenvalue weighted by Gasteiger charge is -2.30. The first-order chi connectivity index (χ1) is 15.0. The topological polar surface area (TPSA) is 85.9 Å². The smallest absolute Gasteiger partial charge is 0.208 e. The molecule has 0 spiro atoms. The van der Waals surface area contributed by atoms with Gasteiger partial charge in [0.1, 0.15) is 5.76 Å². The lowest BCUT2D eigenvalue weighted by Crippen LogP contribution is -2.39. The second-order valence-electron chi connectivity index (χ2n) is 8.33. The van der Waals surface area contributed by atoms with Crippen molar-refractivity contribution in [2.45, 2.75) is 52.7 Å². The molecule has 3 rings (SSSR count). The zero-order valence-corrected chi connectivity index (χ0v) is 19.1. The standard InChI is InChI=1S/C24H37N5O2/c1-4-25-24(26-13-10-22(30)21-8-6-5-7-9-21)27-16-20-11-14-29(15-12-20)17-23-28-18(2)19(3)31-23/h5-9,20,22,30H,4,10-17H2,1-3H3,(H2,25,26,27). The van der Waals surface area contributed by atoms with E-state index in [0.717, 1.165) is 74.4 Å². The number of aliphatic hydroxyl groups excluding tert-OH is 1. The number of piperidine rings is 1. The van der Waals surface area contributed by atoms with Crippen LogP contribution in [0.15, 0.2) is 39.7 Å². The highest BCUT2D eigenvalue weighted by molar-refractivity contribution is 5.79. The van der Waals surface area contributed by atoms with Crippen LogP contribution >= 0.6 is 0 Å². The Kier molecular flexibility index (Phi) is 8.91. The van der Waals surface area contributed by atoms with Crippen molar-refractivity contribution in [3.63, 3.8) is 0 Å². The van der Waals surface area contributed by atoms with Gasteiger partial charge in [-0.3, -0.25) is 9.89 Å². The number of hydrogen-bond donors (Lipinski definition) is 3.